The van der Waals surface area contributed by atoms with Crippen LogP contribution in [-0.2, 0) is 4.79 Å². The Labute approximate surface area is 198 Å². The van der Waals surface area contributed by atoms with Crippen LogP contribution in [0.4, 0.5) is 5.69 Å². The molecule has 4 rings (SSSR count). The fraction of sp³-hybridized carbons (Fsp3) is 0.0833. The molecule has 8 heteroatoms. The predicted molar refractivity (Wildman–Crippen MR) is 127 cm³/mol. The minimum atomic E-state index is -0.492. The molecule has 0 saturated carbocycles. The van der Waals surface area contributed by atoms with E-state index in [-0.39, 0.29) is 12.5 Å². The lowest BCUT2D eigenvalue weighted by Crippen LogP contribution is -2.31. The summed E-state index contributed by atoms with van der Waals surface area (Å²) in [7, 11) is 0. The second-order valence-electron chi connectivity index (χ2n) is 6.97. The van der Waals surface area contributed by atoms with Gasteiger partial charge in [0, 0.05) is 15.2 Å². The quantitative estimate of drug-likeness (QED) is 0.439. The van der Waals surface area contributed by atoms with Crippen LogP contribution in [0.25, 0.3) is 6.08 Å². The molecule has 162 valence electrons. The number of rotatable bonds is 5. The van der Waals surface area contributed by atoms with Crippen molar-refractivity contribution < 1.29 is 19.1 Å². The number of anilines is 1. The van der Waals surface area contributed by atoms with E-state index in [0.717, 1.165) is 5.56 Å². The molecular weight excluding hydrogens is 496 g/mol. The molecule has 32 heavy (non-hydrogen) atoms. The van der Waals surface area contributed by atoms with Gasteiger partial charge in [0.25, 0.3) is 11.8 Å². The Kier molecular flexibility index (Phi) is 6.48. The van der Waals surface area contributed by atoms with Crippen molar-refractivity contribution in [1.29, 1.82) is 0 Å². The Morgan fingerprint density at radius 3 is 2.62 bits per heavy atom. The molecule has 0 atom stereocenters. The highest BCUT2D eigenvalue weighted by atomic mass is 79.9. The first-order valence-corrected chi connectivity index (χ1v) is 10.8. The SMILES string of the molecule is Cc1c(Cl)cccc1NC(=O)C(=Cc1ccc2c(c1)OCO2)NC(=O)c1ccccc1Br. The number of ether oxygens (including phenoxy) is 2. The van der Waals surface area contributed by atoms with Gasteiger partial charge in [0.15, 0.2) is 11.5 Å². The van der Waals surface area contributed by atoms with E-state index in [1.807, 2.05) is 0 Å². The standard InChI is InChI=1S/C24H18BrClN2O4/c1-14-18(26)7-4-8-19(14)27-24(30)20(28-23(29)16-5-2-3-6-17(16)25)11-15-9-10-21-22(12-15)32-13-31-21/h2-12H,13H2,1H3,(H,27,30)(H,28,29). The normalized spacial score (nSPS) is 12.4. The van der Waals surface area contributed by atoms with Crippen LogP contribution in [0.2, 0.25) is 5.02 Å². The summed E-state index contributed by atoms with van der Waals surface area (Å²) in [5, 5.41) is 6.07. The van der Waals surface area contributed by atoms with Crippen LogP contribution in [-0.4, -0.2) is 18.6 Å². The van der Waals surface area contributed by atoms with Gasteiger partial charge in [-0.25, -0.2) is 0 Å². The number of hydrogen-bond acceptors (Lipinski definition) is 4. The van der Waals surface area contributed by atoms with Crippen LogP contribution >= 0.6 is 27.5 Å². The summed E-state index contributed by atoms with van der Waals surface area (Å²) in [5.74, 6) is 0.275. The van der Waals surface area contributed by atoms with Crippen molar-refractivity contribution >= 4 is 51.1 Å². The van der Waals surface area contributed by atoms with Crippen molar-refractivity contribution in [2.75, 3.05) is 12.1 Å². The van der Waals surface area contributed by atoms with Gasteiger partial charge in [0.05, 0.1) is 5.56 Å². The molecule has 0 bridgehead atoms. The highest BCUT2D eigenvalue weighted by Gasteiger charge is 2.19. The van der Waals surface area contributed by atoms with Gasteiger partial charge >= 0.3 is 0 Å². The minimum Gasteiger partial charge on any atom is -0.454 e. The Balaban J connectivity index is 1.67. The van der Waals surface area contributed by atoms with Gasteiger partial charge in [-0.3, -0.25) is 9.59 Å². The Morgan fingerprint density at radius 2 is 1.81 bits per heavy atom. The third kappa shape index (κ3) is 4.79. The third-order valence-corrected chi connectivity index (χ3v) is 5.94. The lowest BCUT2D eigenvalue weighted by atomic mass is 10.1. The number of halogens is 2. The van der Waals surface area contributed by atoms with Crippen molar-refractivity contribution in [2.24, 2.45) is 0 Å². The molecule has 6 nitrogen and oxygen atoms in total. The van der Waals surface area contributed by atoms with Crippen molar-refractivity contribution in [3.8, 4) is 11.5 Å². The molecule has 1 heterocycles. The Bertz CT molecular complexity index is 1240. The number of amides is 2. The Hall–Kier alpha value is -3.29. The summed E-state index contributed by atoms with van der Waals surface area (Å²) in [6.45, 7) is 1.95. The average molecular weight is 514 g/mol. The Morgan fingerprint density at radius 1 is 1.03 bits per heavy atom. The first-order valence-electron chi connectivity index (χ1n) is 9.66. The lowest BCUT2D eigenvalue weighted by Gasteiger charge is -2.14. The fourth-order valence-corrected chi connectivity index (χ4v) is 3.73. The maximum atomic E-state index is 13.2. The van der Waals surface area contributed by atoms with E-state index in [2.05, 4.69) is 26.6 Å². The number of fused-ring (bicyclic) bond motifs is 1. The number of carbonyl (C=O) groups is 2. The summed E-state index contributed by atoms with van der Waals surface area (Å²) in [4.78, 5) is 26.1. The number of nitrogens with one attached hydrogen (secondary N) is 2. The van der Waals surface area contributed by atoms with E-state index in [4.69, 9.17) is 21.1 Å². The molecule has 0 unspecified atom stereocenters. The molecule has 0 aliphatic carbocycles. The number of carbonyl (C=O) groups excluding carboxylic acids is 2. The molecule has 0 radical (unpaired) electrons. The topological polar surface area (TPSA) is 76.7 Å². The molecule has 1 aliphatic heterocycles. The van der Waals surface area contributed by atoms with Gasteiger partial charge in [-0.2, -0.15) is 0 Å². The molecule has 0 fully saturated rings. The van der Waals surface area contributed by atoms with E-state index in [0.29, 0.717) is 37.8 Å². The largest absolute Gasteiger partial charge is 0.454 e. The zero-order valence-corrected chi connectivity index (χ0v) is 19.3. The molecule has 1 aliphatic rings. The van der Waals surface area contributed by atoms with E-state index >= 15 is 0 Å². The zero-order valence-electron chi connectivity index (χ0n) is 16.9. The second kappa shape index (κ2) is 9.46. The van der Waals surface area contributed by atoms with Crippen LogP contribution < -0.4 is 20.1 Å². The summed E-state index contributed by atoms with van der Waals surface area (Å²) < 4.78 is 11.4. The van der Waals surface area contributed by atoms with Crippen LogP contribution in [0.3, 0.4) is 0 Å². The van der Waals surface area contributed by atoms with Gasteiger partial charge in [-0.05, 0) is 76.5 Å². The minimum absolute atomic E-state index is 0.0593. The maximum Gasteiger partial charge on any atom is 0.272 e. The molecule has 0 saturated heterocycles. The monoisotopic (exact) mass is 512 g/mol. The van der Waals surface area contributed by atoms with Gasteiger partial charge < -0.3 is 20.1 Å². The predicted octanol–water partition coefficient (Wildman–Crippen LogP) is 5.55. The van der Waals surface area contributed by atoms with Crippen LogP contribution in [0, 0.1) is 6.92 Å². The highest BCUT2D eigenvalue weighted by Crippen LogP contribution is 2.33. The summed E-state index contributed by atoms with van der Waals surface area (Å²) in [5.41, 5.74) is 2.39. The van der Waals surface area contributed by atoms with Crippen molar-refractivity contribution in [2.45, 2.75) is 6.92 Å². The van der Waals surface area contributed by atoms with Gasteiger partial charge in [0.2, 0.25) is 6.79 Å². The van der Waals surface area contributed by atoms with E-state index in [9.17, 15) is 9.59 Å². The molecule has 3 aromatic carbocycles. The summed E-state index contributed by atoms with van der Waals surface area (Å²) >= 11 is 9.55. The molecular formula is C24H18BrClN2O4. The molecule has 2 amide bonds. The molecule has 0 spiro atoms. The van der Waals surface area contributed by atoms with E-state index in [1.54, 1.807) is 73.7 Å². The maximum absolute atomic E-state index is 13.2. The van der Waals surface area contributed by atoms with Crippen molar-refractivity contribution in [1.82, 2.24) is 5.32 Å². The first kappa shape index (κ1) is 21.9. The first-order chi connectivity index (χ1) is 15.4. The summed E-state index contributed by atoms with van der Waals surface area (Å²) in [6.07, 6.45) is 1.58. The van der Waals surface area contributed by atoms with Crippen LogP contribution in [0.1, 0.15) is 21.5 Å². The molecule has 0 aromatic heterocycles. The lowest BCUT2D eigenvalue weighted by molar-refractivity contribution is -0.113. The number of hydrogen-bond donors (Lipinski definition) is 2. The number of benzene rings is 3. The van der Waals surface area contributed by atoms with Crippen LogP contribution in [0.5, 0.6) is 11.5 Å². The third-order valence-electron chi connectivity index (χ3n) is 4.83. The molecule has 3 aromatic rings. The summed E-state index contributed by atoms with van der Waals surface area (Å²) in [6, 6.07) is 17.5. The zero-order chi connectivity index (χ0) is 22.7. The fourth-order valence-electron chi connectivity index (χ4n) is 3.10. The average Bonchev–Trinajstić information content (AvgIpc) is 3.24. The van der Waals surface area contributed by atoms with E-state index in [1.165, 1.54) is 0 Å². The second-order valence-corrected chi connectivity index (χ2v) is 8.23. The van der Waals surface area contributed by atoms with Gasteiger partial charge in [0.1, 0.15) is 5.70 Å². The highest BCUT2D eigenvalue weighted by molar-refractivity contribution is 9.10. The van der Waals surface area contributed by atoms with Crippen molar-refractivity contribution in [3.63, 3.8) is 0 Å². The smallest absolute Gasteiger partial charge is 0.272 e. The van der Waals surface area contributed by atoms with Crippen molar-refractivity contribution in [3.05, 3.63) is 92.5 Å². The van der Waals surface area contributed by atoms with Gasteiger partial charge in [-0.15, -0.1) is 0 Å². The van der Waals surface area contributed by atoms with E-state index < -0.39 is 11.8 Å². The van der Waals surface area contributed by atoms with Gasteiger partial charge in [-0.1, -0.05) is 35.9 Å². The molecule has 2 N–H and O–H groups in total. The van der Waals surface area contributed by atoms with Crippen LogP contribution in [0.15, 0.2) is 70.8 Å².